The fourth-order valence-corrected chi connectivity index (χ4v) is 2.71. The number of hydrogen-bond donors (Lipinski definition) is 1. The molecule has 0 radical (unpaired) electrons. The smallest absolute Gasteiger partial charge is 0.115 e. The lowest BCUT2D eigenvalue weighted by molar-refractivity contribution is 0.0875. The summed E-state index contributed by atoms with van der Waals surface area (Å²) in [6.45, 7) is 11.2. The van der Waals surface area contributed by atoms with E-state index in [-0.39, 0.29) is 0 Å². The van der Waals surface area contributed by atoms with Crippen LogP contribution in [-0.4, -0.2) is 65.6 Å². The van der Waals surface area contributed by atoms with E-state index in [0.717, 1.165) is 18.8 Å². The molecule has 1 unspecified atom stereocenters. The third-order valence-electron chi connectivity index (χ3n) is 4.08. The second kappa shape index (κ2) is 7.67. The minimum atomic E-state index is 0.602. The predicted octanol–water partition coefficient (Wildman–Crippen LogP) is 0.838. The first-order chi connectivity index (χ1) is 9.66. The lowest BCUT2D eigenvalue weighted by Gasteiger charge is -2.40. The maximum Gasteiger partial charge on any atom is 0.115 e. The highest BCUT2D eigenvalue weighted by molar-refractivity contribution is 4.97. The van der Waals surface area contributed by atoms with Crippen LogP contribution in [0.4, 0.5) is 0 Å². The molecule has 0 aromatic carbocycles. The minimum Gasteiger partial charge on any atom is -0.310 e. The average Bonchev–Trinajstić information content (AvgIpc) is 2.46. The number of nitrogens with one attached hydrogen (secondary N) is 1. The molecule has 112 valence electrons. The van der Waals surface area contributed by atoms with Crippen LogP contribution in [0.1, 0.15) is 19.5 Å². The quantitative estimate of drug-likeness (QED) is 0.835. The Balaban J connectivity index is 1.80. The monoisotopic (exact) mass is 277 g/mol. The summed E-state index contributed by atoms with van der Waals surface area (Å²) >= 11 is 0. The van der Waals surface area contributed by atoms with E-state index in [2.05, 4.69) is 46.0 Å². The van der Waals surface area contributed by atoms with E-state index in [1.807, 2.05) is 6.07 Å². The Bertz CT molecular complexity index is 373. The minimum absolute atomic E-state index is 0.602. The second-order valence-electron chi connectivity index (χ2n) is 5.98. The summed E-state index contributed by atoms with van der Waals surface area (Å²) < 4.78 is 0. The van der Waals surface area contributed by atoms with Crippen molar-refractivity contribution in [2.24, 2.45) is 5.92 Å². The highest BCUT2D eigenvalue weighted by Gasteiger charge is 2.24. The molecule has 2 rings (SSSR count). The van der Waals surface area contributed by atoms with Gasteiger partial charge in [0.05, 0.1) is 5.69 Å². The largest absolute Gasteiger partial charge is 0.310 e. The van der Waals surface area contributed by atoms with Gasteiger partial charge in [-0.1, -0.05) is 13.8 Å². The van der Waals surface area contributed by atoms with Gasteiger partial charge in [0.1, 0.15) is 6.33 Å². The molecule has 0 saturated carbocycles. The number of nitrogens with zero attached hydrogens (tertiary/aromatic N) is 4. The molecule has 1 fully saturated rings. The summed E-state index contributed by atoms with van der Waals surface area (Å²) in [4.78, 5) is 13.2. The van der Waals surface area contributed by atoms with E-state index < -0.39 is 0 Å². The summed E-state index contributed by atoms with van der Waals surface area (Å²) in [5, 5.41) is 3.55. The number of aromatic nitrogens is 2. The normalized spacial score (nSPS) is 19.4. The summed E-state index contributed by atoms with van der Waals surface area (Å²) in [7, 11) is 2.20. The highest BCUT2D eigenvalue weighted by atomic mass is 15.3. The van der Waals surface area contributed by atoms with Crippen LogP contribution in [0.2, 0.25) is 0 Å². The molecule has 1 aliphatic rings. The summed E-state index contributed by atoms with van der Waals surface area (Å²) in [5.74, 6) is 0.663. The van der Waals surface area contributed by atoms with E-state index in [9.17, 15) is 0 Å². The molecule has 0 aliphatic carbocycles. The fraction of sp³-hybridized carbons (Fsp3) is 0.733. The van der Waals surface area contributed by atoms with Crippen molar-refractivity contribution >= 4 is 0 Å². The van der Waals surface area contributed by atoms with Crippen LogP contribution in [0.3, 0.4) is 0 Å². The number of rotatable bonds is 6. The van der Waals surface area contributed by atoms with Gasteiger partial charge in [-0.2, -0.15) is 0 Å². The molecule has 1 aliphatic heterocycles. The zero-order chi connectivity index (χ0) is 14.4. The fourth-order valence-electron chi connectivity index (χ4n) is 2.71. The molecule has 5 nitrogen and oxygen atoms in total. The number of hydrogen-bond acceptors (Lipinski definition) is 5. The Morgan fingerprint density at radius 3 is 2.60 bits per heavy atom. The van der Waals surface area contributed by atoms with Gasteiger partial charge >= 0.3 is 0 Å². The Kier molecular flexibility index (Phi) is 5.88. The molecule has 0 amide bonds. The molecular weight excluding hydrogens is 250 g/mol. The Morgan fingerprint density at radius 2 is 2.00 bits per heavy atom. The first-order valence-electron chi connectivity index (χ1n) is 7.55. The number of likely N-dealkylation sites (N-methyl/N-ethyl adjacent to an activating group) is 1. The van der Waals surface area contributed by atoms with Gasteiger partial charge in [-0.3, -0.25) is 4.90 Å². The standard InChI is InChI=1S/C15H27N5/c1-13(2)15(20-8-6-19(3)7-9-20)11-17-10-14-4-5-16-12-18-14/h4-5,12-13,15,17H,6-11H2,1-3H3. The van der Waals surface area contributed by atoms with E-state index in [0.29, 0.717) is 12.0 Å². The van der Waals surface area contributed by atoms with Crippen molar-refractivity contribution in [2.75, 3.05) is 39.8 Å². The lowest BCUT2D eigenvalue weighted by Crippen LogP contribution is -2.53. The van der Waals surface area contributed by atoms with Gasteiger partial charge < -0.3 is 10.2 Å². The highest BCUT2D eigenvalue weighted by Crippen LogP contribution is 2.13. The molecule has 1 saturated heterocycles. The summed E-state index contributed by atoms with van der Waals surface area (Å²) in [5.41, 5.74) is 1.06. The zero-order valence-corrected chi connectivity index (χ0v) is 12.9. The topological polar surface area (TPSA) is 44.3 Å². The van der Waals surface area contributed by atoms with Crippen molar-refractivity contribution in [1.82, 2.24) is 25.1 Å². The second-order valence-corrected chi connectivity index (χ2v) is 5.98. The van der Waals surface area contributed by atoms with Crippen LogP contribution in [0.15, 0.2) is 18.6 Å². The van der Waals surface area contributed by atoms with Gasteiger partial charge in [-0.25, -0.2) is 9.97 Å². The molecule has 1 atom stereocenters. The summed E-state index contributed by atoms with van der Waals surface area (Å²) in [6, 6.07) is 2.57. The van der Waals surface area contributed by atoms with E-state index in [1.165, 1.54) is 26.2 Å². The molecule has 1 N–H and O–H groups in total. The molecule has 20 heavy (non-hydrogen) atoms. The van der Waals surface area contributed by atoms with Gasteiger partial charge in [0, 0.05) is 51.5 Å². The molecule has 1 aromatic heterocycles. The van der Waals surface area contributed by atoms with Gasteiger partial charge in [0.2, 0.25) is 0 Å². The van der Waals surface area contributed by atoms with Crippen molar-refractivity contribution in [1.29, 1.82) is 0 Å². The molecule has 0 bridgehead atoms. The molecule has 0 spiro atoms. The first kappa shape index (κ1) is 15.4. The van der Waals surface area contributed by atoms with Crippen molar-refractivity contribution in [3.8, 4) is 0 Å². The van der Waals surface area contributed by atoms with Crippen LogP contribution in [0.5, 0.6) is 0 Å². The van der Waals surface area contributed by atoms with Crippen LogP contribution >= 0.6 is 0 Å². The van der Waals surface area contributed by atoms with Crippen LogP contribution in [-0.2, 0) is 6.54 Å². The average molecular weight is 277 g/mol. The molecule has 1 aromatic rings. The van der Waals surface area contributed by atoms with Crippen molar-refractivity contribution in [2.45, 2.75) is 26.4 Å². The van der Waals surface area contributed by atoms with Gasteiger partial charge in [0.15, 0.2) is 0 Å². The maximum absolute atomic E-state index is 4.25. The van der Waals surface area contributed by atoms with Crippen LogP contribution < -0.4 is 5.32 Å². The van der Waals surface area contributed by atoms with E-state index >= 15 is 0 Å². The Hall–Kier alpha value is -1.04. The third kappa shape index (κ3) is 4.51. The summed E-state index contributed by atoms with van der Waals surface area (Å²) in [6.07, 6.45) is 3.40. The third-order valence-corrected chi connectivity index (χ3v) is 4.08. The van der Waals surface area contributed by atoms with Gasteiger partial charge in [-0.05, 0) is 19.0 Å². The van der Waals surface area contributed by atoms with Crippen LogP contribution in [0.25, 0.3) is 0 Å². The molecule has 2 heterocycles. The van der Waals surface area contributed by atoms with Crippen LogP contribution in [0, 0.1) is 5.92 Å². The molecule has 5 heteroatoms. The van der Waals surface area contributed by atoms with E-state index in [4.69, 9.17) is 0 Å². The first-order valence-corrected chi connectivity index (χ1v) is 7.55. The zero-order valence-electron chi connectivity index (χ0n) is 12.9. The molecular formula is C15H27N5. The van der Waals surface area contributed by atoms with Crippen molar-refractivity contribution in [3.05, 3.63) is 24.3 Å². The van der Waals surface area contributed by atoms with E-state index in [1.54, 1.807) is 12.5 Å². The Morgan fingerprint density at radius 1 is 1.25 bits per heavy atom. The number of piperazine rings is 1. The predicted molar refractivity (Wildman–Crippen MR) is 81.4 cm³/mol. The van der Waals surface area contributed by atoms with Crippen molar-refractivity contribution < 1.29 is 0 Å². The SMILES string of the molecule is CC(C)C(CNCc1ccncn1)N1CCN(C)CC1. The maximum atomic E-state index is 4.25. The van der Waals surface area contributed by atoms with Gasteiger partial charge in [0.25, 0.3) is 0 Å². The van der Waals surface area contributed by atoms with Crippen molar-refractivity contribution in [3.63, 3.8) is 0 Å². The Labute approximate surface area is 122 Å². The lowest BCUT2D eigenvalue weighted by atomic mass is 10.0. The van der Waals surface area contributed by atoms with Gasteiger partial charge in [-0.15, -0.1) is 0 Å².